The lowest BCUT2D eigenvalue weighted by molar-refractivity contribution is -0.122. The Bertz CT molecular complexity index is 530. The molecule has 1 saturated heterocycles. The van der Waals surface area contributed by atoms with E-state index < -0.39 is 11.4 Å². The summed E-state index contributed by atoms with van der Waals surface area (Å²) >= 11 is 0. The summed E-state index contributed by atoms with van der Waals surface area (Å²) in [6, 6.07) is 5.77. The monoisotopic (exact) mass is 261 g/mol. The minimum Gasteiger partial charge on any atom is -0.324 e. The van der Waals surface area contributed by atoms with Gasteiger partial charge in [0.2, 0.25) is 5.91 Å². The molecule has 1 aliphatic heterocycles. The van der Waals surface area contributed by atoms with E-state index in [4.69, 9.17) is 5.26 Å². The van der Waals surface area contributed by atoms with E-state index in [-0.39, 0.29) is 11.5 Å². The molecule has 1 aliphatic rings. The minimum absolute atomic E-state index is 0.0669. The lowest BCUT2D eigenvalue weighted by Crippen LogP contribution is -2.50. The van der Waals surface area contributed by atoms with E-state index in [1.54, 1.807) is 6.07 Å². The molecule has 100 valence electrons. The van der Waals surface area contributed by atoms with Crippen molar-refractivity contribution in [2.45, 2.75) is 31.7 Å². The quantitative estimate of drug-likeness (QED) is 0.876. The fourth-order valence-corrected chi connectivity index (χ4v) is 2.40. The fourth-order valence-electron chi connectivity index (χ4n) is 2.40. The van der Waals surface area contributed by atoms with Crippen LogP contribution in [0, 0.1) is 17.1 Å². The van der Waals surface area contributed by atoms with E-state index >= 15 is 0 Å². The molecule has 1 amide bonds. The Morgan fingerprint density at radius 3 is 3.00 bits per heavy atom. The highest BCUT2D eigenvalue weighted by molar-refractivity contribution is 5.98. The molecule has 2 N–H and O–H groups in total. The van der Waals surface area contributed by atoms with Crippen molar-refractivity contribution in [3.05, 3.63) is 29.6 Å². The molecule has 1 atom stereocenters. The standard InChI is InChI=1S/C14H16FN3O/c1-2-14(6-3-7-17-14)13(19)18-11-4-5-12(15)10(8-11)9-16/h4-5,8,17H,2-3,6-7H2,1H3,(H,18,19). The number of nitrogens with one attached hydrogen (secondary N) is 2. The number of nitriles is 1. The summed E-state index contributed by atoms with van der Waals surface area (Å²) in [6.45, 7) is 2.79. The molecule has 0 aliphatic carbocycles. The second-order valence-electron chi connectivity index (χ2n) is 4.73. The van der Waals surface area contributed by atoms with E-state index in [0.717, 1.165) is 19.4 Å². The summed E-state index contributed by atoms with van der Waals surface area (Å²) in [5, 5.41) is 14.8. The summed E-state index contributed by atoms with van der Waals surface area (Å²) in [5.41, 5.74) is -0.159. The predicted octanol–water partition coefficient (Wildman–Crippen LogP) is 2.17. The van der Waals surface area contributed by atoms with Crippen molar-refractivity contribution in [1.29, 1.82) is 5.26 Å². The Labute approximate surface area is 111 Å². The number of anilines is 1. The number of rotatable bonds is 3. The first-order valence-corrected chi connectivity index (χ1v) is 6.37. The largest absolute Gasteiger partial charge is 0.324 e. The van der Waals surface area contributed by atoms with Gasteiger partial charge < -0.3 is 10.6 Å². The number of benzene rings is 1. The molecule has 1 aromatic rings. The van der Waals surface area contributed by atoms with Crippen LogP contribution in [0.1, 0.15) is 31.7 Å². The van der Waals surface area contributed by atoms with Crippen LogP contribution in [0.5, 0.6) is 0 Å². The van der Waals surface area contributed by atoms with Crippen LogP contribution >= 0.6 is 0 Å². The molecule has 5 heteroatoms. The molecule has 0 saturated carbocycles. The van der Waals surface area contributed by atoms with Gasteiger partial charge in [-0.25, -0.2) is 4.39 Å². The van der Waals surface area contributed by atoms with Crippen LogP contribution in [0.25, 0.3) is 0 Å². The van der Waals surface area contributed by atoms with Crippen molar-refractivity contribution in [2.75, 3.05) is 11.9 Å². The van der Waals surface area contributed by atoms with Gasteiger partial charge in [-0.2, -0.15) is 5.26 Å². The Morgan fingerprint density at radius 2 is 2.42 bits per heavy atom. The fraction of sp³-hybridized carbons (Fsp3) is 0.429. The van der Waals surface area contributed by atoms with Crippen LogP contribution in [0.2, 0.25) is 0 Å². The van der Waals surface area contributed by atoms with E-state index in [1.165, 1.54) is 18.2 Å². The number of hydrogen-bond donors (Lipinski definition) is 2. The molecule has 0 bridgehead atoms. The molecule has 1 heterocycles. The van der Waals surface area contributed by atoms with Crippen LogP contribution in [-0.2, 0) is 4.79 Å². The van der Waals surface area contributed by atoms with Crippen LogP contribution in [0.3, 0.4) is 0 Å². The zero-order chi connectivity index (χ0) is 13.9. The van der Waals surface area contributed by atoms with Gasteiger partial charge in [0.15, 0.2) is 0 Å². The Morgan fingerprint density at radius 1 is 1.63 bits per heavy atom. The van der Waals surface area contributed by atoms with Gasteiger partial charge in [-0.05, 0) is 44.0 Å². The second-order valence-corrected chi connectivity index (χ2v) is 4.73. The maximum atomic E-state index is 13.2. The maximum absolute atomic E-state index is 13.2. The highest BCUT2D eigenvalue weighted by Crippen LogP contribution is 2.25. The van der Waals surface area contributed by atoms with Gasteiger partial charge in [0.05, 0.1) is 11.1 Å². The Hall–Kier alpha value is -1.93. The molecule has 2 rings (SSSR count). The minimum atomic E-state index is -0.579. The smallest absolute Gasteiger partial charge is 0.244 e. The average Bonchev–Trinajstić information content (AvgIpc) is 2.91. The van der Waals surface area contributed by atoms with E-state index in [0.29, 0.717) is 12.1 Å². The third-order valence-electron chi connectivity index (χ3n) is 3.63. The normalized spacial score (nSPS) is 21.9. The molecule has 0 aromatic heterocycles. The summed E-state index contributed by atoms with van der Waals surface area (Å²) in [7, 11) is 0. The van der Waals surface area contributed by atoms with Gasteiger partial charge in [0.25, 0.3) is 0 Å². The molecule has 0 radical (unpaired) electrons. The first-order valence-electron chi connectivity index (χ1n) is 6.37. The van der Waals surface area contributed by atoms with E-state index in [2.05, 4.69) is 10.6 Å². The molecular weight excluding hydrogens is 245 g/mol. The third-order valence-corrected chi connectivity index (χ3v) is 3.63. The summed E-state index contributed by atoms with van der Waals surface area (Å²) in [6.07, 6.45) is 2.46. The number of amides is 1. The first-order chi connectivity index (χ1) is 9.11. The highest BCUT2D eigenvalue weighted by Gasteiger charge is 2.39. The number of halogens is 1. The van der Waals surface area contributed by atoms with Crippen molar-refractivity contribution >= 4 is 11.6 Å². The lowest BCUT2D eigenvalue weighted by atomic mass is 9.93. The third kappa shape index (κ3) is 2.59. The topological polar surface area (TPSA) is 64.9 Å². The molecule has 1 aromatic carbocycles. The van der Waals surface area contributed by atoms with Crippen molar-refractivity contribution in [3.8, 4) is 6.07 Å². The number of carbonyl (C=O) groups excluding carboxylic acids is 1. The highest BCUT2D eigenvalue weighted by atomic mass is 19.1. The van der Waals surface area contributed by atoms with Crippen molar-refractivity contribution in [1.82, 2.24) is 5.32 Å². The Balaban J connectivity index is 2.17. The molecule has 0 spiro atoms. The zero-order valence-corrected chi connectivity index (χ0v) is 10.8. The van der Waals surface area contributed by atoms with Gasteiger partial charge in [0, 0.05) is 5.69 Å². The SMILES string of the molecule is CCC1(C(=O)Nc2ccc(F)c(C#N)c2)CCCN1. The molecule has 19 heavy (non-hydrogen) atoms. The van der Waals surface area contributed by atoms with Crippen LogP contribution in [0.15, 0.2) is 18.2 Å². The van der Waals surface area contributed by atoms with Crippen LogP contribution in [0.4, 0.5) is 10.1 Å². The van der Waals surface area contributed by atoms with E-state index in [9.17, 15) is 9.18 Å². The molecule has 1 fully saturated rings. The van der Waals surface area contributed by atoms with Crippen LogP contribution in [-0.4, -0.2) is 18.0 Å². The van der Waals surface area contributed by atoms with Crippen molar-refractivity contribution in [3.63, 3.8) is 0 Å². The van der Waals surface area contributed by atoms with Gasteiger partial charge in [-0.15, -0.1) is 0 Å². The van der Waals surface area contributed by atoms with Gasteiger partial charge >= 0.3 is 0 Å². The lowest BCUT2D eigenvalue weighted by Gasteiger charge is -2.26. The summed E-state index contributed by atoms with van der Waals surface area (Å²) in [5.74, 6) is -0.701. The number of carbonyl (C=O) groups is 1. The number of hydrogen-bond acceptors (Lipinski definition) is 3. The molecule has 4 nitrogen and oxygen atoms in total. The average molecular weight is 261 g/mol. The summed E-state index contributed by atoms with van der Waals surface area (Å²) in [4.78, 5) is 12.3. The van der Waals surface area contributed by atoms with Crippen molar-refractivity contribution in [2.24, 2.45) is 0 Å². The van der Waals surface area contributed by atoms with Gasteiger partial charge in [0.1, 0.15) is 11.9 Å². The second kappa shape index (κ2) is 5.37. The predicted molar refractivity (Wildman–Crippen MR) is 70.0 cm³/mol. The van der Waals surface area contributed by atoms with E-state index in [1.807, 2.05) is 6.92 Å². The summed E-state index contributed by atoms with van der Waals surface area (Å²) < 4.78 is 13.2. The number of nitrogens with zero attached hydrogens (tertiary/aromatic N) is 1. The van der Waals surface area contributed by atoms with Gasteiger partial charge in [-0.3, -0.25) is 4.79 Å². The van der Waals surface area contributed by atoms with Gasteiger partial charge in [-0.1, -0.05) is 6.92 Å². The maximum Gasteiger partial charge on any atom is 0.244 e. The van der Waals surface area contributed by atoms with Crippen molar-refractivity contribution < 1.29 is 9.18 Å². The molecular formula is C14H16FN3O. The molecule has 1 unspecified atom stereocenters. The van der Waals surface area contributed by atoms with Crippen LogP contribution < -0.4 is 10.6 Å². The Kier molecular flexibility index (Phi) is 3.82. The first kappa shape index (κ1) is 13.5. The zero-order valence-electron chi connectivity index (χ0n) is 10.8.